The summed E-state index contributed by atoms with van der Waals surface area (Å²) in [6.45, 7) is 7.74. The van der Waals surface area contributed by atoms with E-state index in [2.05, 4.69) is 21.4 Å². The highest BCUT2D eigenvalue weighted by Gasteiger charge is 2.36. The Hall–Kier alpha value is 0.230. The zero-order valence-electron chi connectivity index (χ0n) is 10.9. The van der Waals surface area contributed by atoms with Crippen LogP contribution in [0, 0.1) is 0 Å². The fourth-order valence-corrected chi connectivity index (χ4v) is 4.65. The average Bonchev–Trinajstić information content (AvgIpc) is 2.94. The van der Waals surface area contributed by atoms with E-state index in [9.17, 15) is 0 Å². The first-order valence-corrected chi connectivity index (χ1v) is 8.39. The fourth-order valence-electron chi connectivity index (χ4n) is 3.78. The van der Waals surface area contributed by atoms with Crippen molar-refractivity contribution in [3.63, 3.8) is 0 Å². The van der Waals surface area contributed by atoms with Gasteiger partial charge in [-0.3, -0.25) is 9.80 Å². The molecule has 0 amide bonds. The molecule has 3 saturated heterocycles. The average molecular weight is 255 g/mol. The third-order valence-corrected chi connectivity index (χ3v) is 5.82. The first kappa shape index (κ1) is 12.3. The van der Waals surface area contributed by atoms with Crippen molar-refractivity contribution in [2.45, 2.75) is 36.6 Å². The fraction of sp³-hybridized carbons (Fsp3) is 1.00. The molecule has 3 unspecified atom stereocenters. The Morgan fingerprint density at radius 1 is 1.06 bits per heavy atom. The highest BCUT2D eigenvalue weighted by atomic mass is 32.2. The van der Waals surface area contributed by atoms with Gasteiger partial charge in [0.2, 0.25) is 0 Å². The second-order valence-electron chi connectivity index (χ2n) is 5.68. The number of rotatable bonds is 2. The second-order valence-corrected chi connectivity index (χ2v) is 6.76. The highest BCUT2D eigenvalue weighted by molar-refractivity contribution is 7.99. The molecule has 0 saturated carbocycles. The van der Waals surface area contributed by atoms with E-state index in [1.807, 2.05) is 11.8 Å². The molecule has 0 radical (unpaired) electrons. The van der Waals surface area contributed by atoms with Crippen LogP contribution >= 0.6 is 11.8 Å². The summed E-state index contributed by atoms with van der Waals surface area (Å²) in [6.07, 6.45) is 6.49. The molecule has 0 aromatic heterocycles. The first-order valence-electron chi connectivity index (χ1n) is 7.10. The van der Waals surface area contributed by atoms with E-state index >= 15 is 0 Å². The van der Waals surface area contributed by atoms with Crippen molar-refractivity contribution >= 4 is 11.8 Å². The van der Waals surface area contributed by atoms with Crippen molar-refractivity contribution in [2.75, 3.05) is 45.5 Å². The molecular formula is C13H25N3S. The number of thioether (sulfide) groups is 1. The van der Waals surface area contributed by atoms with E-state index in [4.69, 9.17) is 0 Å². The van der Waals surface area contributed by atoms with Gasteiger partial charge in [0.25, 0.3) is 0 Å². The molecule has 3 aliphatic heterocycles. The SMILES string of the molecule is CSC1CNCC1N1CCCN2CCCC2C1. The molecule has 3 rings (SSSR count). The molecule has 98 valence electrons. The molecule has 17 heavy (non-hydrogen) atoms. The third-order valence-electron chi connectivity index (χ3n) is 4.73. The van der Waals surface area contributed by atoms with Gasteiger partial charge in [-0.15, -0.1) is 0 Å². The topological polar surface area (TPSA) is 18.5 Å². The minimum absolute atomic E-state index is 0.783. The maximum absolute atomic E-state index is 3.57. The molecule has 3 aliphatic rings. The van der Waals surface area contributed by atoms with Gasteiger partial charge in [0.1, 0.15) is 0 Å². The van der Waals surface area contributed by atoms with E-state index < -0.39 is 0 Å². The van der Waals surface area contributed by atoms with E-state index in [0.29, 0.717) is 0 Å². The first-order chi connectivity index (χ1) is 8.38. The van der Waals surface area contributed by atoms with Crippen molar-refractivity contribution in [1.29, 1.82) is 0 Å². The Kier molecular flexibility index (Phi) is 3.95. The zero-order valence-corrected chi connectivity index (χ0v) is 11.7. The molecule has 4 heteroatoms. The van der Waals surface area contributed by atoms with Crippen LogP contribution in [0.2, 0.25) is 0 Å². The molecule has 0 aromatic rings. The number of hydrogen-bond donors (Lipinski definition) is 1. The molecule has 0 aliphatic carbocycles. The molecule has 0 aromatic carbocycles. The largest absolute Gasteiger partial charge is 0.314 e. The van der Waals surface area contributed by atoms with Gasteiger partial charge in [-0.25, -0.2) is 0 Å². The van der Waals surface area contributed by atoms with Crippen molar-refractivity contribution in [3.05, 3.63) is 0 Å². The summed E-state index contributed by atoms with van der Waals surface area (Å²) in [4.78, 5) is 5.52. The van der Waals surface area contributed by atoms with Crippen LogP contribution in [-0.2, 0) is 0 Å². The summed E-state index contributed by atoms with van der Waals surface area (Å²) in [7, 11) is 0. The lowest BCUT2D eigenvalue weighted by molar-refractivity contribution is 0.183. The van der Waals surface area contributed by atoms with Gasteiger partial charge >= 0.3 is 0 Å². The van der Waals surface area contributed by atoms with Crippen LogP contribution in [0.1, 0.15) is 19.3 Å². The molecular weight excluding hydrogens is 230 g/mol. The predicted molar refractivity (Wildman–Crippen MR) is 74.7 cm³/mol. The van der Waals surface area contributed by atoms with Gasteiger partial charge in [0, 0.05) is 37.0 Å². The van der Waals surface area contributed by atoms with E-state index in [1.54, 1.807) is 0 Å². The Morgan fingerprint density at radius 2 is 1.88 bits per heavy atom. The normalized spacial score (nSPS) is 40.4. The Bertz CT molecular complexity index is 261. The maximum atomic E-state index is 3.57. The molecule has 3 atom stereocenters. The molecule has 3 heterocycles. The monoisotopic (exact) mass is 255 g/mol. The maximum Gasteiger partial charge on any atom is 0.0352 e. The smallest absolute Gasteiger partial charge is 0.0352 e. The quantitative estimate of drug-likeness (QED) is 0.788. The van der Waals surface area contributed by atoms with Crippen LogP contribution < -0.4 is 5.32 Å². The zero-order chi connectivity index (χ0) is 11.7. The lowest BCUT2D eigenvalue weighted by Gasteiger charge is -2.32. The van der Waals surface area contributed by atoms with Gasteiger partial charge in [-0.1, -0.05) is 0 Å². The van der Waals surface area contributed by atoms with Crippen molar-refractivity contribution < 1.29 is 0 Å². The minimum atomic E-state index is 0.783. The van der Waals surface area contributed by atoms with E-state index in [0.717, 1.165) is 17.3 Å². The van der Waals surface area contributed by atoms with Crippen molar-refractivity contribution in [2.24, 2.45) is 0 Å². The summed E-state index contributed by atoms with van der Waals surface area (Å²) in [5.74, 6) is 0. The summed E-state index contributed by atoms with van der Waals surface area (Å²) in [5, 5.41) is 4.38. The van der Waals surface area contributed by atoms with Gasteiger partial charge in [0.05, 0.1) is 0 Å². The van der Waals surface area contributed by atoms with Gasteiger partial charge in [-0.2, -0.15) is 11.8 Å². The summed E-state index contributed by atoms with van der Waals surface area (Å²) in [5.41, 5.74) is 0. The summed E-state index contributed by atoms with van der Waals surface area (Å²) >= 11 is 2.05. The van der Waals surface area contributed by atoms with E-state index in [1.165, 1.54) is 58.5 Å². The Labute approximate surface area is 109 Å². The number of nitrogens with one attached hydrogen (secondary N) is 1. The number of hydrogen-bond acceptors (Lipinski definition) is 4. The number of fused-ring (bicyclic) bond motifs is 1. The third kappa shape index (κ3) is 2.50. The highest BCUT2D eigenvalue weighted by Crippen LogP contribution is 2.26. The Balaban J connectivity index is 1.66. The lowest BCUT2D eigenvalue weighted by atomic mass is 10.1. The van der Waals surface area contributed by atoms with Crippen LogP contribution in [0.4, 0.5) is 0 Å². The standard InChI is InChI=1S/C13H25N3S/c1-17-13-9-14-8-12(13)16-7-3-6-15-5-2-4-11(15)10-16/h11-14H,2-10H2,1H3. The van der Waals surface area contributed by atoms with Crippen LogP contribution in [0.5, 0.6) is 0 Å². The van der Waals surface area contributed by atoms with Gasteiger partial charge in [-0.05, 0) is 45.2 Å². The van der Waals surface area contributed by atoms with E-state index in [-0.39, 0.29) is 0 Å². The predicted octanol–water partition coefficient (Wildman–Crippen LogP) is 0.860. The summed E-state index contributed by atoms with van der Waals surface area (Å²) < 4.78 is 0. The molecule has 0 spiro atoms. The summed E-state index contributed by atoms with van der Waals surface area (Å²) in [6, 6.07) is 1.64. The van der Waals surface area contributed by atoms with Crippen LogP contribution in [0.25, 0.3) is 0 Å². The van der Waals surface area contributed by atoms with Crippen LogP contribution in [0.15, 0.2) is 0 Å². The number of nitrogens with zero attached hydrogens (tertiary/aromatic N) is 2. The lowest BCUT2D eigenvalue weighted by Crippen LogP contribution is -2.46. The van der Waals surface area contributed by atoms with Crippen LogP contribution in [-0.4, -0.2) is 72.7 Å². The van der Waals surface area contributed by atoms with Gasteiger partial charge in [0.15, 0.2) is 0 Å². The van der Waals surface area contributed by atoms with Crippen LogP contribution in [0.3, 0.4) is 0 Å². The molecule has 0 bridgehead atoms. The minimum Gasteiger partial charge on any atom is -0.314 e. The van der Waals surface area contributed by atoms with Gasteiger partial charge < -0.3 is 5.32 Å². The van der Waals surface area contributed by atoms with Crippen molar-refractivity contribution in [3.8, 4) is 0 Å². The molecule has 3 nitrogen and oxygen atoms in total. The second kappa shape index (κ2) is 5.47. The molecule has 1 N–H and O–H groups in total. The Morgan fingerprint density at radius 3 is 2.76 bits per heavy atom. The van der Waals surface area contributed by atoms with Crippen molar-refractivity contribution in [1.82, 2.24) is 15.1 Å². The molecule has 3 fully saturated rings.